The first-order valence-corrected chi connectivity index (χ1v) is 8.17. The molecule has 1 fully saturated rings. The van der Waals surface area contributed by atoms with Gasteiger partial charge in [0.15, 0.2) is 0 Å². The van der Waals surface area contributed by atoms with E-state index in [1.54, 1.807) is 18.4 Å². The van der Waals surface area contributed by atoms with Crippen LogP contribution in [-0.4, -0.2) is 43.3 Å². The van der Waals surface area contributed by atoms with Gasteiger partial charge in [-0.25, -0.2) is 4.98 Å². The second-order valence-corrected chi connectivity index (χ2v) is 6.92. The van der Waals surface area contributed by atoms with Crippen LogP contribution in [0.1, 0.15) is 18.2 Å². The van der Waals surface area contributed by atoms with Crippen LogP contribution in [0.25, 0.3) is 10.2 Å². The van der Waals surface area contributed by atoms with Crippen LogP contribution in [0.4, 0.5) is 11.8 Å². The van der Waals surface area contributed by atoms with Gasteiger partial charge in [-0.2, -0.15) is 4.98 Å². The van der Waals surface area contributed by atoms with E-state index in [-0.39, 0.29) is 6.10 Å². The van der Waals surface area contributed by atoms with Gasteiger partial charge in [-0.3, -0.25) is 0 Å². The SMILES string of the molecule is CNc1nc(N2CCC(C)C(OC)C2)c2cc(C)sc2n1. The van der Waals surface area contributed by atoms with E-state index in [4.69, 9.17) is 9.72 Å². The van der Waals surface area contributed by atoms with Crippen molar-refractivity contribution in [2.24, 2.45) is 5.92 Å². The molecule has 21 heavy (non-hydrogen) atoms. The molecule has 0 saturated carbocycles. The summed E-state index contributed by atoms with van der Waals surface area (Å²) in [4.78, 5) is 13.9. The average Bonchev–Trinajstić information content (AvgIpc) is 2.86. The molecule has 3 heterocycles. The van der Waals surface area contributed by atoms with Crippen molar-refractivity contribution in [1.29, 1.82) is 0 Å². The molecule has 0 bridgehead atoms. The topological polar surface area (TPSA) is 50.3 Å². The summed E-state index contributed by atoms with van der Waals surface area (Å²) in [6.07, 6.45) is 1.39. The van der Waals surface area contributed by atoms with Crippen molar-refractivity contribution in [3.8, 4) is 0 Å². The number of thiophene rings is 1. The van der Waals surface area contributed by atoms with E-state index in [9.17, 15) is 0 Å². The number of fused-ring (bicyclic) bond motifs is 1. The lowest BCUT2D eigenvalue weighted by molar-refractivity contribution is 0.0497. The molecule has 1 N–H and O–H groups in total. The number of ether oxygens (including phenoxy) is 1. The van der Waals surface area contributed by atoms with Gasteiger partial charge in [0.25, 0.3) is 0 Å². The van der Waals surface area contributed by atoms with E-state index < -0.39 is 0 Å². The van der Waals surface area contributed by atoms with Crippen LogP contribution in [-0.2, 0) is 4.74 Å². The van der Waals surface area contributed by atoms with Crippen LogP contribution in [0.15, 0.2) is 6.07 Å². The maximum absolute atomic E-state index is 5.63. The zero-order valence-electron chi connectivity index (χ0n) is 13.0. The number of piperidine rings is 1. The minimum absolute atomic E-state index is 0.265. The maximum Gasteiger partial charge on any atom is 0.225 e. The normalized spacial score (nSPS) is 22.8. The van der Waals surface area contributed by atoms with E-state index in [1.807, 2.05) is 7.05 Å². The molecule has 1 aliphatic heterocycles. The molecule has 2 atom stereocenters. The first-order valence-electron chi connectivity index (χ1n) is 7.36. The lowest BCUT2D eigenvalue weighted by Gasteiger charge is -2.37. The summed E-state index contributed by atoms with van der Waals surface area (Å²) in [7, 11) is 3.66. The van der Waals surface area contributed by atoms with Crippen LogP contribution in [0.2, 0.25) is 0 Å². The van der Waals surface area contributed by atoms with Crippen molar-refractivity contribution in [3.05, 3.63) is 10.9 Å². The molecule has 114 valence electrons. The van der Waals surface area contributed by atoms with Crippen molar-refractivity contribution in [3.63, 3.8) is 0 Å². The van der Waals surface area contributed by atoms with Gasteiger partial charge in [0.2, 0.25) is 5.95 Å². The molecule has 0 radical (unpaired) electrons. The number of aromatic nitrogens is 2. The first kappa shape index (κ1) is 14.5. The van der Waals surface area contributed by atoms with E-state index in [0.717, 1.165) is 35.5 Å². The first-order chi connectivity index (χ1) is 10.1. The van der Waals surface area contributed by atoms with Crippen molar-refractivity contribution >= 4 is 33.3 Å². The molecule has 2 aromatic rings. The molecule has 0 amide bonds. The van der Waals surface area contributed by atoms with Crippen LogP contribution in [0.3, 0.4) is 0 Å². The Morgan fingerprint density at radius 2 is 2.24 bits per heavy atom. The third-order valence-corrected chi connectivity index (χ3v) is 5.16. The van der Waals surface area contributed by atoms with E-state index in [2.05, 4.69) is 35.1 Å². The second kappa shape index (κ2) is 5.77. The molecule has 3 rings (SSSR count). The molecule has 0 aliphatic carbocycles. The largest absolute Gasteiger partial charge is 0.379 e. The van der Waals surface area contributed by atoms with Crippen LogP contribution in [0, 0.1) is 12.8 Å². The van der Waals surface area contributed by atoms with Crippen molar-refractivity contribution in [2.75, 3.05) is 37.5 Å². The summed E-state index contributed by atoms with van der Waals surface area (Å²) in [5, 5.41) is 4.22. The van der Waals surface area contributed by atoms with Gasteiger partial charge in [-0.15, -0.1) is 11.3 Å². The number of aryl methyl sites for hydroxylation is 1. The van der Waals surface area contributed by atoms with Gasteiger partial charge >= 0.3 is 0 Å². The highest BCUT2D eigenvalue weighted by Gasteiger charge is 2.28. The highest BCUT2D eigenvalue weighted by molar-refractivity contribution is 7.18. The fraction of sp³-hybridized carbons (Fsp3) is 0.600. The summed E-state index contributed by atoms with van der Waals surface area (Å²) in [5.74, 6) is 2.31. The van der Waals surface area contributed by atoms with Gasteiger partial charge in [-0.1, -0.05) is 6.92 Å². The molecule has 5 nitrogen and oxygen atoms in total. The molecule has 2 unspecified atom stereocenters. The van der Waals surface area contributed by atoms with Gasteiger partial charge in [0, 0.05) is 32.1 Å². The van der Waals surface area contributed by atoms with Gasteiger partial charge < -0.3 is 15.0 Å². The Labute approximate surface area is 129 Å². The molecule has 0 aromatic carbocycles. The fourth-order valence-electron chi connectivity index (χ4n) is 2.91. The van der Waals surface area contributed by atoms with E-state index >= 15 is 0 Å². The summed E-state index contributed by atoms with van der Waals surface area (Å²) >= 11 is 1.72. The van der Waals surface area contributed by atoms with Crippen LogP contribution in [0.5, 0.6) is 0 Å². The van der Waals surface area contributed by atoms with E-state index in [1.165, 1.54) is 4.88 Å². The van der Waals surface area contributed by atoms with Crippen LogP contribution < -0.4 is 10.2 Å². The predicted octanol–water partition coefficient (Wildman–Crippen LogP) is 2.90. The number of methoxy groups -OCH3 is 1. The molecule has 0 spiro atoms. The zero-order valence-corrected chi connectivity index (χ0v) is 13.8. The Bertz CT molecular complexity index is 642. The summed E-state index contributed by atoms with van der Waals surface area (Å²) in [6.45, 7) is 6.28. The Balaban J connectivity index is 2.02. The predicted molar refractivity (Wildman–Crippen MR) is 88.5 cm³/mol. The Morgan fingerprint density at radius 3 is 2.95 bits per heavy atom. The number of nitrogens with one attached hydrogen (secondary N) is 1. The Kier molecular flexibility index (Phi) is 3.99. The highest BCUT2D eigenvalue weighted by atomic mass is 32.1. The summed E-state index contributed by atoms with van der Waals surface area (Å²) < 4.78 is 5.63. The molecule has 6 heteroatoms. The molecular weight excluding hydrogens is 284 g/mol. The minimum Gasteiger partial charge on any atom is -0.379 e. The maximum atomic E-state index is 5.63. The zero-order chi connectivity index (χ0) is 15.0. The molecule has 1 aliphatic rings. The third kappa shape index (κ3) is 2.70. The van der Waals surface area contributed by atoms with Gasteiger partial charge in [0.05, 0.1) is 11.5 Å². The minimum atomic E-state index is 0.265. The number of nitrogens with zero attached hydrogens (tertiary/aromatic N) is 3. The summed E-state index contributed by atoms with van der Waals surface area (Å²) in [5.41, 5.74) is 0. The third-order valence-electron chi connectivity index (χ3n) is 4.21. The highest BCUT2D eigenvalue weighted by Crippen LogP contribution is 2.33. The lowest BCUT2D eigenvalue weighted by atomic mass is 9.96. The van der Waals surface area contributed by atoms with E-state index in [0.29, 0.717) is 11.9 Å². The quantitative estimate of drug-likeness (QED) is 0.945. The van der Waals surface area contributed by atoms with Crippen LogP contribution >= 0.6 is 11.3 Å². The Morgan fingerprint density at radius 1 is 1.43 bits per heavy atom. The molecule has 1 saturated heterocycles. The summed E-state index contributed by atoms with van der Waals surface area (Å²) in [6, 6.07) is 2.19. The van der Waals surface area contributed by atoms with Crippen molar-refractivity contribution in [1.82, 2.24) is 9.97 Å². The molecule has 2 aromatic heterocycles. The molecular formula is C15H22N4OS. The standard InChI is InChI=1S/C15H22N4OS/c1-9-5-6-19(8-12(9)20-4)13-11-7-10(2)21-14(11)18-15(16-3)17-13/h7,9,12H,5-6,8H2,1-4H3,(H,16,17,18). The Hall–Kier alpha value is -1.40. The average molecular weight is 306 g/mol. The lowest BCUT2D eigenvalue weighted by Crippen LogP contribution is -2.44. The number of anilines is 2. The monoisotopic (exact) mass is 306 g/mol. The number of hydrogen-bond acceptors (Lipinski definition) is 6. The van der Waals surface area contributed by atoms with Gasteiger partial charge in [-0.05, 0) is 25.3 Å². The van der Waals surface area contributed by atoms with Crippen molar-refractivity contribution < 1.29 is 4.74 Å². The fourth-order valence-corrected chi connectivity index (χ4v) is 3.79. The van der Waals surface area contributed by atoms with Crippen molar-refractivity contribution in [2.45, 2.75) is 26.4 Å². The smallest absolute Gasteiger partial charge is 0.225 e. The second-order valence-electron chi connectivity index (χ2n) is 5.68. The number of rotatable bonds is 3. The number of hydrogen-bond donors (Lipinski definition) is 1. The van der Waals surface area contributed by atoms with Gasteiger partial charge in [0.1, 0.15) is 10.6 Å².